The van der Waals surface area contributed by atoms with E-state index in [9.17, 15) is 4.79 Å². The van der Waals surface area contributed by atoms with Gasteiger partial charge in [-0.15, -0.1) is 0 Å². The second kappa shape index (κ2) is 5.85. The van der Waals surface area contributed by atoms with Crippen LogP contribution in [0.3, 0.4) is 0 Å². The molecule has 0 radical (unpaired) electrons. The van der Waals surface area contributed by atoms with Crippen LogP contribution in [0.25, 0.3) is 21.2 Å². The van der Waals surface area contributed by atoms with E-state index < -0.39 is 0 Å². The molecule has 2 aromatic carbocycles. The summed E-state index contributed by atoms with van der Waals surface area (Å²) in [6.45, 7) is 6.06. The summed E-state index contributed by atoms with van der Waals surface area (Å²) < 4.78 is 3.79. The van der Waals surface area contributed by atoms with E-state index in [2.05, 4.69) is 35.6 Å². The molecule has 0 saturated carbocycles. The lowest BCUT2D eigenvalue weighted by Gasteiger charge is -2.03. The first kappa shape index (κ1) is 13.6. The molecule has 0 saturated heterocycles. The summed E-state index contributed by atoms with van der Waals surface area (Å²) in [6.07, 6.45) is 0. The summed E-state index contributed by atoms with van der Waals surface area (Å²) in [5.74, 6) is 0. The molecule has 1 heterocycles. The van der Waals surface area contributed by atoms with Crippen molar-refractivity contribution in [3.8, 4) is 11.1 Å². The van der Waals surface area contributed by atoms with Gasteiger partial charge in [0.1, 0.15) is 0 Å². The van der Waals surface area contributed by atoms with Gasteiger partial charge >= 0.3 is 0 Å². The van der Waals surface area contributed by atoms with Gasteiger partial charge in [0, 0.05) is 0 Å². The van der Waals surface area contributed by atoms with Gasteiger partial charge in [0.25, 0.3) is 5.56 Å². The van der Waals surface area contributed by atoms with E-state index in [1.807, 2.05) is 32.0 Å². The third kappa shape index (κ3) is 2.61. The van der Waals surface area contributed by atoms with Crippen LogP contribution in [0, 0.1) is 6.92 Å². The molecule has 0 aliphatic rings. The summed E-state index contributed by atoms with van der Waals surface area (Å²) in [6, 6.07) is 14.2. The second-order valence-corrected chi connectivity index (χ2v) is 4.93. The highest BCUT2D eigenvalue weighted by Gasteiger charge is 2.08. The van der Waals surface area contributed by atoms with Crippen molar-refractivity contribution in [1.29, 1.82) is 0 Å². The SMILES string of the molecule is CC.Cc1ccc(-c2cccc3s[nH]c(=O)c23)cc1. The van der Waals surface area contributed by atoms with Crippen LogP contribution in [0.15, 0.2) is 47.3 Å². The molecule has 0 aliphatic carbocycles. The van der Waals surface area contributed by atoms with E-state index in [1.165, 1.54) is 17.1 Å². The van der Waals surface area contributed by atoms with Gasteiger partial charge in [-0.05, 0) is 24.1 Å². The van der Waals surface area contributed by atoms with Crippen LogP contribution in [-0.4, -0.2) is 4.37 Å². The normalized spacial score (nSPS) is 10.1. The lowest BCUT2D eigenvalue weighted by molar-refractivity contribution is 1.45. The highest BCUT2D eigenvalue weighted by atomic mass is 32.1. The Morgan fingerprint density at radius 3 is 2.37 bits per heavy atom. The molecule has 0 bridgehead atoms. The highest BCUT2D eigenvalue weighted by Crippen LogP contribution is 2.27. The molecule has 3 rings (SSSR count). The van der Waals surface area contributed by atoms with Crippen molar-refractivity contribution >= 4 is 21.6 Å². The van der Waals surface area contributed by atoms with Crippen LogP contribution in [0.2, 0.25) is 0 Å². The fraction of sp³-hybridized carbons (Fsp3) is 0.188. The summed E-state index contributed by atoms with van der Waals surface area (Å²) >= 11 is 1.39. The van der Waals surface area contributed by atoms with E-state index in [1.54, 1.807) is 0 Å². The number of fused-ring (bicyclic) bond motifs is 1. The maximum Gasteiger partial charge on any atom is 0.266 e. The van der Waals surface area contributed by atoms with E-state index in [0.29, 0.717) is 0 Å². The van der Waals surface area contributed by atoms with Crippen molar-refractivity contribution in [2.24, 2.45) is 0 Å². The molecule has 0 amide bonds. The van der Waals surface area contributed by atoms with Crippen LogP contribution in [-0.2, 0) is 0 Å². The van der Waals surface area contributed by atoms with Crippen LogP contribution in [0.1, 0.15) is 19.4 Å². The molecular formula is C16H17NOS. The van der Waals surface area contributed by atoms with Crippen molar-refractivity contribution in [2.45, 2.75) is 20.8 Å². The fourth-order valence-electron chi connectivity index (χ4n) is 1.98. The van der Waals surface area contributed by atoms with Gasteiger partial charge in [-0.3, -0.25) is 9.17 Å². The zero-order chi connectivity index (χ0) is 13.8. The van der Waals surface area contributed by atoms with Crippen molar-refractivity contribution < 1.29 is 0 Å². The third-order valence-corrected chi connectivity index (χ3v) is 3.72. The number of rotatable bonds is 1. The lowest BCUT2D eigenvalue weighted by Crippen LogP contribution is -1.98. The molecule has 0 unspecified atom stereocenters. The topological polar surface area (TPSA) is 32.9 Å². The molecule has 3 aromatic rings. The van der Waals surface area contributed by atoms with Crippen LogP contribution < -0.4 is 5.56 Å². The number of H-pyrrole nitrogens is 1. The predicted molar refractivity (Wildman–Crippen MR) is 84.0 cm³/mol. The number of aryl methyl sites for hydroxylation is 1. The minimum Gasteiger partial charge on any atom is -0.277 e. The molecule has 0 spiro atoms. The third-order valence-electron chi connectivity index (χ3n) is 2.87. The summed E-state index contributed by atoms with van der Waals surface area (Å²) in [4.78, 5) is 11.8. The van der Waals surface area contributed by atoms with Gasteiger partial charge in [-0.1, -0.05) is 67.3 Å². The summed E-state index contributed by atoms with van der Waals surface area (Å²) in [5, 5.41) is 0.793. The second-order valence-electron chi connectivity index (χ2n) is 4.08. The van der Waals surface area contributed by atoms with Gasteiger partial charge in [0.2, 0.25) is 0 Å². The molecule has 2 nitrogen and oxygen atoms in total. The Morgan fingerprint density at radius 1 is 1.00 bits per heavy atom. The molecule has 19 heavy (non-hydrogen) atoms. The van der Waals surface area contributed by atoms with Gasteiger partial charge in [-0.25, -0.2) is 0 Å². The van der Waals surface area contributed by atoms with Gasteiger partial charge in [0.15, 0.2) is 0 Å². The molecule has 0 aliphatic heterocycles. The smallest absolute Gasteiger partial charge is 0.266 e. The maximum absolute atomic E-state index is 11.8. The van der Waals surface area contributed by atoms with E-state index >= 15 is 0 Å². The number of aromatic amines is 1. The van der Waals surface area contributed by atoms with Crippen molar-refractivity contribution in [2.75, 3.05) is 0 Å². The average Bonchev–Trinajstić information content (AvgIpc) is 2.84. The Hall–Kier alpha value is -1.87. The standard InChI is InChI=1S/C14H11NOS.C2H6/c1-9-5-7-10(8-6-9)11-3-2-4-12-13(11)14(16)15-17-12;1-2/h2-8H,1H3,(H,15,16);1-2H3. The minimum absolute atomic E-state index is 0.00109. The first-order valence-electron chi connectivity index (χ1n) is 6.43. The number of hydrogen-bond donors (Lipinski definition) is 1. The number of aromatic nitrogens is 1. The largest absolute Gasteiger partial charge is 0.277 e. The Balaban J connectivity index is 0.000000637. The molecule has 0 atom stereocenters. The van der Waals surface area contributed by atoms with Crippen molar-refractivity contribution in [1.82, 2.24) is 4.37 Å². The summed E-state index contributed by atoms with van der Waals surface area (Å²) in [5.41, 5.74) is 3.32. The number of benzene rings is 2. The molecule has 98 valence electrons. The van der Waals surface area contributed by atoms with E-state index in [0.717, 1.165) is 21.2 Å². The Bertz CT molecular complexity index is 722. The zero-order valence-corrected chi connectivity index (χ0v) is 12.2. The van der Waals surface area contributed by atoms with E-state index in [-0.39, 0.29) is 5.56 Å². The van der Waals surface area contributed by atoms with Crippen molar-refractivity contribution in [3.63, 3.8) is 0 Å². The zero-order valence-electron chi connectivity index (χ0n) is 11.4. The van der Waals surface area contributed by atoms with Crippen LogP contribution >= 0.6 is 11.5 Å². The summed E-state index contributed by atoms with van der Waals surface area (Å²) in [7, 11) is 0. The molecular weight excluding hydrogens is 254 g/mol. The Morgan fingerprint density at radius 2 is 1.68 bits per heavy atom. The number of hydrogen-bond acceptors (Lipinski definition) is 2. The number of nitrogens with one attached hydrogen (secondary N) is 1. The van der Waals surface area contributed by atoms with Crippen LogP contribution in [0.5, 0.6) is 0 Å². The molecule has 1 aromatic heterocycles. The molecule has 1 N–H and O–H groups in total. The monoisotopic (exact) mass is 271 g/mol. The van der Waals surface area contributed by atoms with Gasteiger partial charge in [-0.2, -0.15) is 0 Å². The van der Waals surface area contributed by atoms with Gasteiger partial charge < -0.3 is 0 Å². The first-order chi connectivity index (χ1) is 9.25. The average molecular weight is 271 g/mol. The van der Waals surface area contributed by atoms with Gasteiger partial charge in [0.05, 0.1) is 10.1 Å². The van der Waals surface area contributed by atoms with Crippen molar-refractivity contribution in [3.05, 3.63) is 58.4 Å². The predicted octanol–water partition coefficient (Wildman–Crippen LogP) is 4.59. The van der Waals surface area contributed by atoms with E-state index in [4.69, 9.17) is 0 Å². The lowest BCUT2D eigenvalue weighted by atomic mass is 10.0. The fourth-order valence-corrected chi connectivity index (χ4v) is 2.73. The maximum atomic E-state index is 11.8. The molecule has 3 heteroatoms. The molecule has 0 fully saturated rings. The minimum atomic E-state index is 0.00109. The quantitative estimate of drug-likeness (QED) is 0.689. The highest BCUT2D eigenvalue weighted by molar-refractivity contribution is 7.13. The van der Waals surface area contributed by atoms with Crippen LogP contribution in [0.4, 0.5) is 0 Å². The first-order valence-corrected chi connectivity index (χ1v) is 7.24. The Kier molecular flexibility index (Phi) is 4.17. The Labute approximate surface area is 116 Å².